The molecule has 21 heavy (non-hydrogen) atoms. The molecule has 2 rings (SSSR count). The molecule has 0 radical (unpaired) electrons. The van der Waals surface area contributed by atoms with Gasteiger partial charge in [-0.05, 0) is 38.2 Å². The topological polar surface area (TPSA) is 57.5 Å². The Morgan fingerprint density at radius 2 is 2.14 bits per heavy atom. The molecule has 1 saturated heterocycles. The molecule has 0 amide bonds. The fraction of sp³-hybridized carbons (Fsp3) is 0.600. The van der Waals surface area contributed by atoms with E-state index in [9.17, 15) is 9.59 Å². The summed E-state index contributed by atoms with van der Waals surface area (Å²) in [6.45, 7) is 3.17. The Kier molecular flexibility index (Phi) is 5.42. The molecule has 1 aliphatic heterocycles. The van der Waals surface area contributed by atoms with E-state index < -0.39 is 12.0 Å². The first-order chi connectivity index (χ1) is 10.0. The normalized spacial score (nSPS) is 17.5. The summed E-state index contributed by atoms with van der Waals surface area (Å²) in [6, 6.07) is 2.40. The highest BCUT2D eigenvalue weighted by Gasteiger charge is 2.28. The second kappa shape index (κ2) is 7.09. The summed E-state index contributed by atoms with van der Waals surface area (Å²) in [5.41, 5.74) is 0.386. The van der Waals surface area contributed by atoms with Gasteiger partial charge in [-0.2, -0.15) is 0 Å². The van der Waals surface area contributed by atoms with Crippen LogP contribution in [0.15, 0.2) is 16.9 Å². The van der Waals surface area contributed by atoms with Crippen molar-refractivity contribution in [2.24, 2.45) is 5.92 Å². The van der Waals surface area contributed by atoms with E-state index in [1.807, 2.05) is 0 Å². The van der Waals surface area contributed by atoms with Gasteiger partial charge < -0.3 is 9.47 Å². The SMILES string of the molecule is COC(=O)C(CC1CCOCC1)n1c(C)cc(Cl)cc1=O. The molecule has 6 heteroatoms. The first-order valence-electron chi connectivity index (χ1n) is 7.07. The Bertz CT molecular complexity index is 563. The van der Waals surface area contributed by atoms with E-state index in [2.05, 4.69) is 0 Å². The summed E-state index contributed by atoms with van der Waals surface area (Å²) in [5, 5.41) is 0.378. The van der Waals surface area contributed by atoms with E-state index >= 15 is 0 Å². The third-order valence-corrected chi connectivity index (χ3v) is 4.13. The third kappa shape index (κ3) is 3.86. The van der Waals surface area contributed by atoms with E-state index in [-0.39, 0.29) is 5.56 Å². The molecule has 1 aromatic rings. The minimum Gasteiger partial charge on any atom is -0.467 e. The average molecular weight is 314 g/mol. The van der Waals surface area contributed by atoms with Crippen LogP contribution in [0, 0.1) is 12.8 Å². The van der Waals surface area contributed by atoms with Crippen LogP contribution in [0.5, 0.6) is 0 Å². The lowest BCUT2D eigenvalue weighted by Crippen LogP contribution is -2.34. The van der Waals surface area contributed by atoms with Crippen molar-refractivity contribution in [1.82, 2.24) is 4.57 Å². The number of aryl methyl sites for hydroxylation is 1. The van der Waals surface area contributed by atoms with E-state index in [4.69, 9.17) is 21.1 Å². The Hall–Kier alpha value is -1.33. The van der Waals surface area contributed by atoms with Crippen LogP contribution in [0.2, 0.25) is 5.02 Å². The van der Waals surface area contributed by atoms with Crippen LogP contribution in [0.4, 0.5) is 0 Å². The van der Waals surface area contributed by atoms with Crippen molar-refractivity contribution >= 4 is 17.6 Å². The molecule has 1 aromatic heterocycles. The summed E-state index contributed by atoms with van der Waals surface area (Å²) >= 11 is 5.89. The van der Waals surface area contributed by atoms with Gasteiger partial charge >= 0.3 is 5.97 Å². The highest BCUT2D eigenvalue weighted by atomic mass is 35.5. The van der Waals surface area contributed by atoms with Crippen molar-refractivity contribution in [3.63, 3.8) is 0 Å². The number of aromatic nitrogens is 1. The van der Waals surface area contributed by atoms with Gasteiger partial charge in [-0.1, -0.05) is 11.6 Å². The molecule has 5 nitrogen and oxygen atoms in total. The summed E-state index contributed by atoms with van der Waals surface area (Å²) < 4.78 is 11.7. The number of carbonyl (C=O) groups excluding carboxylic acids is 1. The predicted octanol–water partition coefficient (Wildman–Crippen LogP) is 2.34. The van der Waals surface area contributed by atoms with Gasteiger partial charge in [0.05, 0.1) is 7.11 Å². The standard InChI is InChI=1S/C15H20ClNO4/c1-10-7-12(16)9-14(18)17(10)13(15(19)20-2)8-11-3-5-21-6-4-11/h7,9,11,13H,3-6,8H2,1-2H3. The first-order valence-corrected chi connectivity index (χ1v) is 7.45. The maximum absolute atomic E-state index is 12.2. The maximum atomic E-state index is 12.2. The van der Waals surface area contributed by atoms with Crippen LogP contribution < -0.4 is 5.56 Å². The Morgan fingerprint density at radius 3 is 2.71 bits per heavy atom. The second-order valence-electron chi connectivity index (χ2n) is 5.35. The summed E-state index contributed by atoms with van der Waals surface area (Å²) in [7, 11) is 1.34. The van der Waals surface area contributed by atoms with Gasteiger partial charge in [0.25, 0.3) is 5.56 Å². The fourth-order valence-electron chi connectivity index (χ4n) is 2.81. The highest BCUT2D eigenvalue weighted by molar-refractivity contribution is 6.30. The lowest BCUT2D eigenvalue weighted by Gasteiger charge is -2.27. The number of methoxy groups -OCH3 is 1. The lowest BCUT2D eigenvalue weighted by molar-refractivity contribution is -0.145. The summed E-state index contributed by atoms with van der Waals surface area (Å²) in [6.07, 6.45) is 2.38. The molecule has 116 valence electrons. The first kappa shape index (κ1) is 16.0. The zero-order valence-electron chi connectivity index (χ0n) is 12.3. The molecule has 0 aromatic carbocycles. The van der Waals surface area contributed by atoms with Gasteiger partial charge in [-0.15, -0.1) is 0 Å². The smallest absolute Gasteiger partial charge is 0.328 e. The third-order valence-electron chi connectivity index (χ3n) is 3.91. The van der Waals surface area contributed by atoms with Crippen LogP contribution in [0.3, 0.4) is 0 Å². The number of carbonyl (C=O) groups is 1. The molecule has 0 aliphatic carbocycles. The van der Waals surface area contributed by atoms with Crippen LogP contribution >= 0.6 is 11.6 Å². The van der Waals surface area contributed by atoms with E-state index in [0.717, 1.165) is 12.8 Å². The molecule has 1 atom stereocenters. The fourth-order valence-corrected chi connectivity index (χ4v) is 3.06. The monoisotopic (exact) mass is 313 g/mol. The number of halogens is 1. The molecule has 1 fully saturated rings. The average Bonchev–Trinajstić information content (AvgIpc) is 2.45. The molecule has 0 saturated carbocycles. The predicted molar refractivity (Wildman–Crippen MR) is 79.7 cm³/mol. The van der Waals surface area contributed by atoms with Crippen molar-refractivity contribution in [1.29, 1.82) is 0 Å². The zero-order valence-corrected chi connectivity index (χ0v) is 13.1. The van der Waals surface area contributed by atoms with Crippen molar-refractivity contribution in [3.8, 4) is 0 Å². The van der Waals surface area contributed by atoms with Gasteiger partial charge in [-0.25, -0.2) is 4.79 Å². The van der Waals surface area contributed by atoms with Gasteiger partial charge in [0.15, 0.2) is 0 Å². The maximum Gasteiger partial charge on any atom is 0.328 e. The van der Waals surface area contributed by atoms with E-state index in [1.54, 1.807) is 13.0 Å². The molecule has 2 heterocycles. The Labute approximate surface area is 128 Å². The quantitative estimate of drug-likeness (QED) is 0.801. The molecule has 0 spiro atoms. The van der Waals surface area contributed by atoms with Gasteiger partial charge in [0.2, 0.25) is 0 Å². The van der Waals surface area contributed by atoms with Crippen LogP contribution in [-0.2, 0) is 14.3 Å². The number of hydrogen-bond acceptors (Lipinski definition) is 4. The number of pyridine rings is 1. The van der Waals surface area contributed by atoms with Crippen molar-refractivity contribution in [2.45, 2.75) is 32.2 Å². The number of nitrogens with zero attached hydrogens (tertiary/aromatic N) is 1. The van der Waals surface area contributed by atoms with Crippen molar-refractivity contribution in [3.05, 3.63) is 33.2 Å². The molecule has 1 unspecified atom stereocenters. The lowest BCUT2D eigenvalue weighted by atomic mass is 9.92. The minimum absolute atomic E-state index is 0.276. The van der Waals surface area contributed by atoms with Crippen LogP contribution in [0.25, 0.3) is 0 Å². The van der Waals surface area contributed by atoms with Crippen LogP contribution in [0.1, 0.15) is 31.0 Å². The van der Waals surface area contributed by atoms with Gasteiger partial charge in [-0.3, -0.25) is 9.36 Å². The Balaban J connectivity index is 2.32. The minimum atomic E-state index is -0.608. The van der Waals surface area contributed by atoms with Gasteiger partial charge in [0, 0.05) is 30.0 Å². The molecular weight excluding hydrogens is 294 g/mol. The number of rotatable bonds is 4. The number of esters is 1. The largest absolute Gasteiger partial charge is 0.467 e. The molecule has 0 N–H and O–H groups in total. The van der Waals surface area contributed by atoms with E-state index in [1.165, 1.54) is 17.7 Å². The number of ether oxygens (including phenoxy) is 2. The van der Waals surface area contributed by atoms with E-state index in [0.29, 0.717) is 36.3 Å². The molecular formula is C15H20ClNO4. The van der Waals surface area contributed by atoms with Crippen LogP contribution in [-0.4, -0.2) is 30.9 Å². The van der Waals surface area contributed by atoms with Crippen molar-refractivity contribution < 1.29 is 14.3 Å². The summed E-state index contributed by atoms with van der Waals surface area (Å²) in [4.78, 5) is 24.3. The molecule has 1 aliphatic rings. The summed E-state index contributed by atoms with van der Waals surface area (Å²) in [5.74, 6) is -0.0427. The second-order valence-corrected chi connectivity index (χ2v) is 5.79. The zero-order chi connectivity index (χ0) is 15.4. The molecule has 0 bridgehead atoms. The highest BCUT2D eigenvalue weighted by Crippen LogP contribution is 2.27. The number of hydrogen-bond donors (Lipinski definition) is 0. The van der Waals surface area contributed by atoms with Gasteiger partial charge in [0.1, 0.15) is 6.04 Å². The Morgan fingerprint density at radius 1 is 1.48 bits per heavy atom. The van der Waals surface area contributed by atoms with Crippen molar-refractivity contribution in [2.75, 3.05) is 20.3 Å².